The Labute approximate surface area is 432 Å². The van der Waals surface area contributed by atoms with Crippen LogP contribution in [0.1, 0.15) is 44.5 Å². The minimum absolute atomic E-state index is 0.0958. The molecule has 0 fully saturated rings. The Balaban J connectivity index is 1.22. The fourth-order valence-corrected chi connectivity index (χ4v) is 11.7. The van der Waals surface area contributed by atoms with E-state index >= 15 is 22.0 Å². The molecule has 0 aliphatic heterocycles. The van der Waals surface area contributed by atoms with E-state index in [2.05, 4.69) is 99.6 Å². The molecule has 0 radical (unpaired) electrons. The van der Waals surface area contributed by atoms with E-state index in [9.17, 15) is 0 Å². The first-order valence-electron chi connectivity index (χ1n) is 25.2. The van der Waals surface area contributed by atoms with Crippen molar-refractivity contribution in [1.29, 1.82) is 0 Å². The first kappa shape index (κ1) is 47.5. The topological polar surface area (TPSA) is 9.86 Å². The van der Waals surface area contributed by atoms with Gasteiger partial charge in [-0.3, -0.25) is 0 Å². The molecule has 0 aliphatic carbocycles. The van der Waals surface area contributed by atoms with E-state index in [0.29, 0.717) is 22.1 Å². The molecule has 0 amide bonds. The molecule has 0 aliphatic rings. The Kier molecular flexibility index (Phi) is 11.3. The molecule has 368 valence electrons. The highest BCUT2D eigenvalue weighted by atomic mass is 19.4. The van der Waals surface area contributed by atoms with Gasteiger partial charge in [0.1, 0.15) is 17.2 Å². The summed E-state index contributed by atoms with van der Waals surface area (Å²) in [5, 5.41) is 3.02. The van der Waals surface area contributed by atoms with Gasteiger partial charge < -0.3 is 9.13 Å². The molecule has 0 spiro atoms. The van der Waals surface area contributed by atoms with E-state index in [-0.39, 0.29) is 22.5 Å². The number of alkyl halides is 3. The van der Waals surface area contributed by atoms with E-state index in [1.807, 2.05) is 100 Å². The van der Waals surface area contributed by atoms with Crippen molar-refractivity contribution in [2.24, 2.45) is 0 Å². The van der Waals surface area contributed by atoms with Crippen LogP contribution in [0.15, 0.2) is 182 Å². The third-order valence-electron chi connectivity index (χ3n) is 15.1. The van der Waals surface area contributed by atoms with E-state index in [0.717, 1.165) is 111 Å². The number of benzene rings is 10. The summed E-state index contributed by atoms with van der Waals surface area (Å²) in [6, 6.07) is 56.6. The van der Waals surface area contributed by atoms with Gasteiger partial charge in [-0.15, -0.1) is 0 Å². The van der Waals surface area contributed by atoms with Crippen molar-refractivity contribution < 1.29 is 22.0 Å². The maximum absolute atomic E-state index is 17.0. The number of fused-ring (bicyclic) bond motifs is 6. The van der Waals surface area contributed by atoms with Crippen LogP contribution >= 0.6 is 0 Å². The lowest BCUT2D eigenvalue weighted by Gasteiger charge is -2.23. The average molecular weight is 991 g/mol. The molecular formula is C68H51F5N2. The predicted octanol–water partition coefficient (Wildman–Crippen LogP) is 19.7. The predicted molar refractivity (Wildman–Crippen MR) is 300 cm³/mol. The molecule has 12 aromatic rings. The maximum atomic E-state index is 17.0. The Bertz CT molecular complexity index is 4210. The summed E-state index contributed by atoms with van der Waals surface area (Å²) in [6.07, 6.45) is -4.96. The molecule has 0 unspecified atom stereocenters. The number of rotatable bonds is 7. The number of hydrogen-bond donors (Lipinski definition) is 0. The Morgan fingerprint density at radius 1 is 0.307 bits per heavy atom. The van der Waals surface area contributed by atoms with E-state index in [1.54, 1.807) is 9.13 Å². The number of aryl methyl sites for hydroxylation is 7. The number of hydrogen-bond acceptors (Lipinski definition) is 0. The minimum Gasteiger partial charge on any atom is -0.309 e. The van der Waals surface area contributed by atoms with E-state index < -0.39 is 23.4 Å². The maximum Gasteiger partial charge on any atom is 0.420 e. The van der Waals surface area contributed by atoms with Crippen molar-refractivity contribution in [1.82, 2.24) is 9.13 Å². The van der Waals surface area contributed by atoms with Crippen molar-refractivity contribution in [3.63, 3.8) is 0 Å². The van der Waals surface area contributed by atoms with E-state index in [4.69, 9.17) is 0 Å². The lowest BCUT2D eigenvalue weighted by molar-refractivity contribution is -0.137. The molecule has 10 aromatic carbocycles. The quantitative estimate of drug-likeness (QED) is 0.141. The molecule has 2 aromatic heterocycles. The number of nitrogens with zero attached hydrogens (tertiary/aromatic N) is 2. The first-order valence-corrected chi connectivity index (χ1v) is 25.2. The summed E-state index contributed by atoms with van der Waals surface area (Å²) in [5.74, 6) is -1.69. The minimum atomic E-state index is -4.96. The summed E-state index contributed by atoms with van der Waals surface area (Å²) in [6.45, 7) is 14.4. The van der Waals surface area contributed by atoms with Gasteiger partial charge in [-0.2, -0.15) is 13.2 Å². The molecule has 0 saturated carbocycles. The van der Waals surface area contributed by atoms with Gasteiger partial charge in [0.15, 0.2) is 0 Å². The van der Waals surface area contributed by atoms with Gasteiger partial charge in [0.25, 0.3) is 0 Å². The second-order valence-electron chi connectivity index (χ2n) is 20.4. The summed E-state index contributed by atoms with van der Waals surface area (Å²) in [7, 11) is 0. The fourth-order valence-electron chi connectivity index (χ4n) is 11.7. The largest absolute Gasteiger partial charge is 0.420 e. The van der Waals surface area contributed by atoms with Gasteiger partial charge in [-0.05, 0) is 199 Å². The molecular weight excluding hydrogens is 940 g/mol. The van der Waals surface area contributed by atoms with Crippen molar-refractivity contribution in [3.8, 4) is 67.0 Å². The first-order chi connectivity index (χ1) is 36.0. The Hall–Kier alpha value is -8.55. The van der Waals surface area contributed by atoms with Crippen LogP contribution in [0, 0.1) is 60.1 Å². The Morgan fingerprint density at radius 2 is 0.640 bits per heavy atom. The third kappa shape index (κ3) is 8.18. The number of halogens is 5. The SMILES string of the molecule is Cc1ccc(-c2ccc3c(c2)c2cc(-c4ccccc4C)ccc2n3-c2cc(-c3cc(F)cc(F)c3)cc(-n3c4ccc(-c5ccc(C)cc5C)cc4c4cc(-c5ccc(C)cc5C)ccc43)c2C(F)(F)F)c(C)c1. The second kappa shape index (κ2) is 17.8. The van der Waals surface area contributed by atoms with Crippen molar-refractivity contribution >= 4 is 43.6 Å². The van der Waals surface area contributed by atoms with Crippen molar-refractivity contribution in [3.05, 3.63) is 238 Å². The number of aromatic nitrogens is 2. The normalized spacial score (nSPS) is 12.0. The monoisotopic (exact) mass is 990 g/mol. The molecule has 0 atom stereocenters. The highest BCUT2D eigenvalue weighted by molar-refractivity contribution is 6.14. The summed E-state index contributed by atoms with van der Waals surface area (Å²) >= 11 is 0. The fraction of sp³-hybridized carbons (Fsp3) is 0.118. The van der Waals surface area contributed by atoms with Crippen molar-refractivity contribution in [2.45, 2.75) is 54.6 Å². The molecule has 75 heavy (non-hydrogen) atoms. The lowest BCUT2D eigenvalue weighted by Crippen LogP contribution is -2.16. The van der Waals surface area contributed by atoms with Crippen LogP contribution in [-0.4, -0.2) is 9.13 Å². The highest BCUT2D eigenvalue weighted by Gasteiger charge is 2.40. The third-order valence-corrected chi connectivity index (χ3v) is 15.1. The molecule has 2 heterocycles. The van der Waals surface area contributed by atoms with Crippen LogP contribution in [0.4, 0.5) is 22.0 Å². The van der Waals surface area contributed by atoms with Gasteiger partial charge in [0.05, 0.1) is 33.4 Å². The van der Waals surface area contributed by atoms with Crippen LogP contribution in [0.5, 0.6) is 0 Å². The Morgan fingerprint density at radius 3 is 0.973 bits per heavy atom. The zero-order chi connectivity index (χ0) is 52.2. The summed E-state index contributed by atoms with van der Waals surface area (Å²) in [4.78, 5) is 0. The van der Waals surface area contributed by atoms with Crippen LogP contribution in [0.3, 0.4) is 0 Å². The zero-order valence-corrected chi connectivity index (χ0v) is 42.6. The van der Waals surface area contributed by atoms with Crippen LogP contribution < -0.4 is 0 Å². The smallest absolute Gasteiger partial charge is 0.309 e. The van der Waals surface area contributed by atoms with Gasteiger partial charge in [0, 0.05) is 27.6 Å². The standard InChI is InChI=1S/C68H51F5N2/c1-38-12-19-54(42(5)26-38)46-16-23-62-58(32-46)57-31-45(53-11-9-8-10-41(53)4)15-22-61(57)74(62)65-35-50(49-29-51(69)37-52(70)30-49)36-66(67(65)68(71,72)73)75-63-24-17-47(55-20-13-39(2)27-43(55)6)33-59(63)60-34-48(18-25-64(60)75)56-21-14-40(3)28-44(56)7/h8-37H,1-7H3. The molecule has 0 N–H and O–H groups in total. The zero-order valence-electron chi connectivity index (χ0n) is 42.6. The lowest BCUT2D eigenvalue weighted by atomic mass is 9.95. The van der Waals surface area contributed by atoms with Crippen molar-refractivity contribution in [2.75, 3.05) is 0 Å². The molecule has 7 heteroatoms. The van der Waals surface area contributed by atoms with Gasteiger partial charge in [0.2, 0.25) is 0 Å². The summed E-state index contributed by atoms with van der Waals surface area (Å²) in [5.41, 5.74) is 16.6. The van der Waals surface area contributed by atoms with E-state index in [1.165, 1.54) is 24.3 Å². The molecule has 2 nitrogen and oxygen atoms in total. The summed E-state index contributed by atoms with van der Waals surface area (Å²) < 4.78 is 85.3. The van der Waals surface area contributed by atoms with Crippen LogP contribution in [-0.2, 0) is 6.18 Å². The van der Waals surface area contributed by atoms with Gasteiger partial charge in [-0.1, -0.05) is 120 Å². The highest BCUT2D eigenvalue weighted by Crippen LogP contribution is 2.48. The molecule has 12 rings (SSSR count). The second-order valence-corrected chi connectivity index (χ2v) is 20.4. The van der Waals surface area contributed by atoms with Gasteiger partial charge >= 0.3 is 6.18 Å². The van der Waals surface area contributed by atoms with Crippen LogP contribution in [0.2, 0.25) is 0 Å². The average Bonchev–Trinajstić information content (AvgIpc) is 3.87. The van der Waals surface area contributed by atoms with Crippen LogP contribution in [0.25, 0.3) is 111 Å². The molecule has 0 bridgehead atoms. The van der Waals surface area contributed by atoms with Gasteiger partial charge in [-0.25, -0.2) is 8.78 Å². The molecule has 0 saturated heterocycles.